The van der Waals surface area contributed by atoms with Crippen molar-refractivity contribution in [3.05, 3.63) is 65.9 Å². The van der Waals surface area contributed by atoms with Crippen LogP contribution in [0.25, 0.3) is 11.3 Å². The molecule has 1 amide bonds. The normalized spacial score (nSPS) is 14.0. The van der Waals surface area contributed by atoms with Gasteiger partial charge in [-0.15, -0.1) is 0 Å². The Hall–Kier alpha value is -2.97. The lowest BCUT2D eigenvalue weighted by atomic mass is 10.1. The minimum absolute atomic E-state index is 0.00815. The van der Waals surface area contributed by atoms with Crippen LogP contribution in [0.15, 0.2) is 59.6 Å². The van der Waals surface area contributed by atoms with Crippen molar-refractivity contribution in [2.24, 2.45) is 0 Å². The predicted octanol–water partition coefficient (Wildman–Crippen LogP) is 3.08. The molecule has 0 saturated heterocycles. The molecule has 0 spiro atoms. The van der Waals surface area contributed by atoms with E-state index in [9.17, 15) is 13.2 Å². The molecule has 1 aliphatic rings. The zero-order valence-corrected chi connectivity index (χ0v) is 16.1. The fourth-order valence-electron chi connectivity index (χ4n) is 2.88. The molecule has 1 aromatic heterocycles. The van der Waals surface area contributed by atoms with E-state index in [1.165, 1.54) is 12.1 Å². The van der Waals surface area contributed by atoms with Crippen molar-refractivity contribution in [1.29, 1.82) is 0 Å². The summed E-state index contributed by atoms with van der Waals surface area (Å²) in [5.41, 5.74) is 3.36. The number of carbonyl (C=O) groups is 1. The lowest BCUT2D eigenvalue weighted by Gasteiger charge is -2.11. The minimum atomic E-state index is -3.62. The van der Waals surface area contributed by atoms with E-state index in [2.05, 4.69) is 20.2 Å². The highest BCUT2D eigenvalue weighted by Gasteiger charge is 2.28. The maximum absolute atomic E-state index is 12.8. The van der Waals surface area contributed by atoms with E-state index in [0.717, 1.165) is 24.1 Å². The van der Waals surface area contributed by atoms with Gasteiger partial charge < -0.3 is 5.32 Å². The number of anilines is 1. The lowest BCUT2D eigenvalue weighted by Crippen LogP contribution is -2.26. The highest BCUT2D eigenvalue weighted by molar-refractivity contribution is 7.89. The summed E-state index contributed by atoms with van der Waals surface area (Å²) in [5, 5.41) is 9.66. The van der Waals surface area contributed by atoms with Gasteiger partial charge in [0.2, 0.25) is 10.0 Å². The molecule has 28 heavy (non-hydrogen) atoms. The molecule has 0 aliphatic heterocycles. The summed E-state index contributed by atoms with van der Waals surface area (Å²) in [4.78, 5) is 12.9. The van der Waals surface area contributed by atoms with Gasteiger partial charge >= 0.3 is 0 Å². The van der Waals surface area contributed by atoms with Crippen LogP contribution in [0.3, 0.4) is 0 Å². The molecule has 4 rings (SSSR count). The maximum atomic E-state index is 12.8. The number of H-pyrrole nitrogens is 1. The molecular weight excluding hydrogens is 376 g/mol. The predicted molar refractivity (Wildman–Crippen MR) is 106 cm³/mol. The number of nitrogens with zero attached hydrogens (tertiary/aromatic N) is 1. The van der Waals surface area contributed by atoms with Gasteiger partial charge in [0.25, 0.3) is 5.91 Å². The number of rotatable bonds is 6. The zero-order chi connectivity index (χ0) is 19.7. The number of benzene rings is 2. The Morgan fingerprint density at radius 3 is 2.68 bits per heavy atom. The Labute approximate surface area is 163 Å². The number of amides is 1. The quantitative estimate of drug-likeness (QED) is 0.596. The Kier molecular flexibility index (Phi) is 4.74. The maximum Gasteiger partial charge on any atom is 0.255 e. The van der Waals surface area contributed by atoms with Crippen LogP contribution >= 0.6 is 0 Å². The zero-order valence-electron chi connectivity index (χ0n) is 15.3. The second-order valence-electron chi connectivity index (χ2n) is 6.88. The van der Waals surface area contributed by atoms with Gasteiger partial charge in [0.15, 0.2) is 0 Å². The van der Waals surface area contributed by atoms with Gasteiger partial charge in [0, 0.05) is 29.1 Å². The molecule has 0 radical (unpaired) electrons. The van der Waals surface area contributed by atoms with Crippen LogP contribution in [0.5, 0.6) is 0 Å². The van der Waals surface area contributed by atoms with E-state index >= 15 is 0 Å². The number of sulfonamides is 1. The standard InChI is InChI=1S/C20H20N4O3S/c1-13-5-8-17(28(26,27)24-15-6-7-15)12-18(13)20(25)22-16-4-2-3-14(11-16)19-9-10-21-23-19/h2-5,8-12,15,24H,6-7H2,1H3,(H,21,23)(H,22,25). The highest BCUT2D eigenvalue weighted by Crippen LogP contribution is 2.24. The average Bonchev–Trinajstić information content (AvgIpc) is 3.29. The van der Waals surface area contributed by atoms with Crippen molar-refractivity contribution < 1.29 is 13.2 Å². The largest absolute Gasteiger partial charge is 0.322 e. The summed E-state index contributed by atoms with van der Waals surface area (Å²) in [6, 6.07) is 13.8. The Morgan fingerprint density at radius 1 is 1.14 bits per heavy atom. The van der Waals surface area contributed by atoms with Crippen LogP contribution in [-0.2, 0) is 10.0 Å². The lowest BCUT2D eigenvalue weighted by molar-refractivity contribution is 0.102. The van der Waals surface area contributed by atoms with Crippen LogP contribution < -0.4 is 10.0 Å². The molecule has 0 bridgehead atoms. The molecule has 3 N–H and O–H groups in total. The smallest absolute Gasteiger partial charge is 0.255 e. The molecule has 7 nitrogen and oxygen atoms in total. The molecule has 8 heteroatoms. The molecule has 0 atom stereocenters. The van der Waals surface area contributed by atoms with E-state index in [1.807, 2.05) is 24.3 Å². The highest BCUT2D eigenvalue weighted by atomic mass is 32.2. The number of hydrogen-bond donors (Lipinski definition) is 3. The number of aromatic amines is 1. The van der Waals surface area contributed by atoms with Crippen molar-refractivity contribution in [3.8, 4) is 11.3 Å². The summed E-state index contributed by atoms with van der Waals surface area (Å²) in [6.45, 7) is 1.78. The van der Waals surface area contributed by atoms with Gasteiger partial charge in [-0.05, 0) is 55.7 Å². The van der Waals surface area contributed by atoms with Crippen molar-refractivity contribution >= 4 is 21.6 Å². The molecule has 2 aromatic carbocycles. The third-order valence-electron chi connectivity index (χ3n) is 4.60. The van der Waals surface area contributed by atoms with Gasteiger partial charge in [0.05, 0.1) is 10.6 Å². The molecule has 1 saturated carbocycles. The number of aromatic nitrogens is 2. The molecule has 1 aliphatic carbocycles. The first-order valence-electron chi connectivity index (χ1n) is 8.96. The SMILES string of the molecule is Cc1ccc(S(=O)(=O)NC2CC2)cc1C(=O)Nc1cccc(-c2ccn[nH]2)c1. The summed E-state index contributed by atoms with van der Waals surface area (Å²) >= 11 is 0. The van der Waals surface area contributed by atoms with Crippen LogP contribution in [-0.4, -0.2) is 30.6 Å². The third kappa shape index (κ3) is 3.97. The fourth-order valence-corrected chi connectivity index (χ4v) is 4.21. The second-order valence-corrected chi connectivity index (χ2v) is 8.59. The first kappa shape index (κ1) is 18.4. The molecule has 1 heterocycles. The van der Waals surface area contributed by atoms with Crippen molar-refractivity contribution in [1.82, 2.24) is 14.9 Å². The molecular formula is C20H20N4O3S. The van der Waals surface area contributed by atoms with Crippen molar-refractivity contribution in [2.75, 3.05) is 5.32 Å². The average molecular weight is 396 g/mol. The molecule has 0 unspecified atom stereocenters. The van der Waals surface area contributed by atoms with E-state index in [-0.39, 0.29) is 16.8 Å². The van der Waals surface area contributed by atoms with E-state index in [0.29, 0.717) is 16.8 Å². The Bertz CT molecular complexity index is 1120. The van der Waals surface area contributed by atoms with E-state index < -0.39 is 10.0 Å². The fraction of sp³-hybridized carbons (Fsp3) is 0.200. The minimum Gasteiger partial charge on any atom is -0.322 e. The van der Waals surface area contributed by atoms with E-state index in [4.69, 9.17) is 0 Å². The number of hydrogen-bond acceptors (Lipinski definition) is 4. The topological polar surface area (TPSA) is 104 Å². The van der Waals surface area contributed by atoms with Gasteiger partial charge in [-0.3, -0.25) is 9.89 Å². The van der Waals surface area contributed by atoms with Crippen LogP contribution in [0, 0.1) is 6.92 Å². The van der Waals surface area contributed by atoms with Gasteiger partial charge in [-0.1, -0.05) is 18.2 Å². The Morgan fingerprint density at radius 2 is 1.96 bits per heavy atom. The Balaban J connectivity index is 1.58. The summed E-state index contributed by atoms with van der Waals surface area (Å²) < 4.78 is 27.5. The third-order valence-corrected chi connectivity index (χ3v) is 6.11. The second kappa shape index (κ2) is 7.21. The van der Waals surface area contributed by atoms with Gasteiger partial charge in [0.1, 0.15) is 0 Å². The van der Waals surface area contributed by atoms with Crippen molar-refractivity contribution in [3.63, 3.8) is 0 Å². The molecule has 144 valence electrons. The number of nitrogens with one attached hydrogen (secondary N) is 3. The van der Waals surface area contributed by atoms with Gasteiger partial charge in [-0.2, -0.15) is 5.10 Å². The molecule has 1 fully saturated rings. The summed E-state index contributed by atoms with van der Waals surface area (Å²) in [7, 11) is -3.62. The van der Waals surface area contributed by atoms with Crippen LogP contribution in [0.2, 0.25) is 0 Å². The number of aryl methyl sites for hydroxylation is 1. The van der Waals surface area contributed by atoms with Gasteiger partial charge in [-0.25, -0.2) is 13.1 Å². The summed E-state index contributed by atoms with van der Waals surface area (Å²) in [5.74, 6) is -0.359. The number of carbonyl (C=O) groups excluding carboxylic acids is 1. The first-order chi connectivity index (χ1) is 13.4. The van der Waals surface area contributed by atoms with Crippen LogP contribution in [0.4, 0.5) is 5.69 Å². The molecule has 3 aromatic rings. The first-order valence-corrected chi connectivity index (χ1v) is 10.4. The monoisotopic (exact) mass is 396 g/mol. The summed E-state index contributed by atoms with van der Waals surface area (Å²) in [6.07, 6.45) is 3.36. The van der Waals surface area contributed by atoms with Crippen molar-refractivity contribution in [2.45, 2.75) is 30.7 Å². The van der Waals surface area contributed by atoms with Crippen LogP contribution in [0.1, 0.15) is 28.8 Å². The van der Waals surface area contributed by atoms with E-state index in [1.54, 1.807) is 25.3 Å².